The molecule has 0 aliphatic rings. The molecule has 0 spiro atoms. The average Bonchev–Trinajstić information content (AvgIpc) is 2.57. The number of carbonyl (C=O) groups excluding carboxylic acids is 1. The molecule has 1 N–H and O–H groups in total. The van der Waals surface area contributed by atoms with Gasteiger partial charge in [0, 0.05) is 0 Å². The minimum atomic E-state index is -0.620. The van der Waals surface area contributed by atoms with E-state index >= 15 is 0 Å². The van der Waals surface area contributed by atoms with E-state index in [9.17, 15) is 4.79 Å². The van der Waals surface area contributed by atoms with Crippen molar-refractivity contribution in [3.8, 4) is 11.8 Å². The molecule has 24 heavy (non-hydrogen) atoms. The first kappa shape index (κ1) is 17.6. The molecule has 124 valence electrons. The third-order valence-corrected chi connectivity index (χ3v) is 3.93. The van der Waals surface area contributed by atoms with E-state index in [-0.39, 0.29) is 11.9 Å². The lowest BCUT2D eigenvalue weighted by Gasteiger charge is -2.20. The van der Waals surface area contributed by atoms with Crippen LogP contribution in [-0.2, 0) is 4.79 Å². The van der Waals surface area contributed by atoms with Gasteiger partial charge in [0.05, 0.1) is 17.7 Å². The van der Waals surface area contributed by atoms with E-state index in [2.05, 4.69) is 23.5 Å². The summed E-state index contributed by atoms with van der Waals surface area (Å²) in [5.41, 5.74) is 3.98. The molecule has 2 rings (SSSR count). The maximum Gasteiger partial charge on any atom is 0.261 e. The molecule has 0 aliphatic carbocycles. The van der Waals surface area contributed by atoms with E-state index in [1.165, 1.54) is 5.56 Å². The van der Waals surface area contributed by atoms with Crippen LogP contribution in [0.3, 0.4) is 0 Å². The van der Waals surface area contributed by atoms with Gasteiger partial charge in [-0.25, -0.2) is 0 Å². The molecule has 0 bridgehead atoms. The lowest BCUT2D eigenvalue weighted by atomic mass is 10.00. The van der Waals surface area contributed by atoms with Gasteiger partial charge in [0.15, 0.2) is 6.10 Å². The van der Waals surface area contributed by atoms with Gasteiger partial charge in [-0.1, -0.05) is 23.8 Å². The highest BCUT2D eigenvalue weighted by atomic mass is 16.5. The van der Waals surface area contributed by atoms with Crippen LogP contribution in [-0.4, -0.2) is 12.0 Å². The zero-order valence-electron chi connectivity index (χ0n) is 14.5. The second-order valence-electron chi connectivity index (χ2n) is 5.99. The number of nitrogens with zero attached hydrogens (tertiary/aromatic N) is 1. The summed E-state index contributed by atoms with van der Waals surface area (Å²) in [7, 11) is 0. The Hall–Kier alpha value is -2.80. The van der Waals surface area contributed by atoms with Crippen molar-refractivity contribution in [2.45, 2.75) is 39.8 Å². The first-order valence-electron chi connectivity index (χ1n) is 7.95. The Kier molecular flexibility index (Phi) is 5.59. The molecule has 2 unspecified atom stereocenters. The molecule has 0 fully saturated rings. The van der Waals surface area contributed by atoms with Crippen LogP contribution >= 0.6 is 0 Å². The van der Waals surface area contributed by atoms with Crippen molar-refractivity contribution < 1.29 is 9.53 Å². The SMILES string of the molecule is Cc1ccc(C)c(C(C)NC(=O)C(C)Oc2ccc(C#N)cc2)c1. The van der Waals surface area contributed by atoms with Crippen molar-refractivity contribution in [3.63, 3.8) is 0 Å². The summed E-state index contributed by atoms with van der Waals surface area (Å²) in [5, 5.41) is 11.8. The molecular formula is C20H22N2O2. The lowest BCUT2D eigenvalue weighted by Crippen LogP contribution is -2.38. The number of nitriles is 1. The van der Waals surface area contributed by atoms with Crippen molar-refractivity contribution in [2.24, 2.45) is 0 Å². The fourth-order valence-electron chi connectivity index (χ4n) is 2.50. The van der Waals surface area contributed by atoms with Gasteiger partial charge in [-0.2, -0.15) is 5.26 Å². The number of hydrogen-bond acceptors (Lipinski definition) is 3. The van der Waals surface area contributed by atoms with Crippen molar-refractivity contribution in [2.75, 3.05) is 0 Å². The zero-order chi connectivity index (χ0) is 17.7. The van der Waals surface area contributed by atoms with Crippen molar-refractivity contribution in [3.05, 3.63) is 64.7 Å². The van der Waals surface area contributed by atoms with Crippen LogP contribution < -0.4 is 10.1 Å². The third-order valence-electron chi connectivity index (χ3n) is 3.93. The van der Waals surface area contributed by atoms with Gasteiger partial charge < -0.3 is 10.1 Å². The van der Waals surface area contributed by atoms with Gasteiger partial charge in [0.25, 0.3) is 5.91 Å². The van der Waals surface area contributed by atoms with Gasteiger partial charge in [0.1, 0.15) is 5.75 Å². The molecule has 4 nitrogen and oxygen atoms in total. The Labute approximate surface area is 143 Å². The molecule has 0 saturated heterocycles. The molecule has 1 amide bonds. The Morgan fingerprint density at radius 3 is 2.42 bits per heavy atom. The minimum absolute atomic E-state index is 0.0931. The quantitative estimate of drug-likeness (QED) is 0.910. The van der Waals surface area contributed by atoms with Gasteiger partial charge in [0.2, 0.25) is 0 Å². The predicted molar refractivity (Wildman–Crippen MR) is 93.7 cm³/mol. The van der Waals surface area contributed by atoms with E-state index in [1.54, 1.807) is 31.2 Å². The second kappa shape index (κ2) is 7.65. The monoisotopic (exact) mass is 322 g/mol. The number of hydrogen-bond donors (Lipinski definition) is 1. The van der Waals surface area contributed by atoms with Crippen molar-refractivity contribution in [1.29, 1.82) is 5.26 Å². The first-order chi connectivity index (χ1) is 11.4. The molecule has 0 heterocycles. The average molecular weight is 322 g/mol. The minimum Gasteiger partial charge on any atom is -0.481 e. The Morgan fingerprint density at radius 1 is 1.12 bits per heavy atom. The number of amides is 1. The maximum atomic E-state index is 12.4. The summed E-state index contributed by atoms with van der Waals surface area (Å²) in [6, 6.07) is 14.9. The molecule has 0 saturated carbocycles. The molecule has 0 aromatic heterocycles. The van der Waals surface area contributed by atoms with E-state index in [0.29, 0.717) is 11.3 Å². The van der Waals surface area contributed by atoms with Crippen LogP contribution in [0.5, 0.6) is 5.75 Å². The van der Waals surface area contributed by atoms with Crippen LogP contribution in [0.15, 0.2) is 42.5 Å². The molecule has 2 aromatic carbocycles. The van der Waals surface area contributed by atoms with Crippen molar-refractivity contribution in [1.82, 2.24) is 5.32 Å². The highest BCUT2D eigenvalue weighted by molar-refractivity contribution is 5.81. The zero-order valence-corrected chi connectivity index (χ0v) is 14.5. The Bertz CT molecular complexity index is 760. The molecule has 0 aliphatic heterocycles. The van der Waals surface area contributed by atoms with E-state index < -0.39 is 6.10 Å². The maximum absolute atomic E-state index is 12.4. The molecule has 4 heteroatoms. The summed E-state index contributed by atoms with van der Waals surface area (Å²) in [5.74, 6) is 0.392. The Balaban J connectivity index is 2.00. The van der Waals surface area contributed by atoms with E-state index in [4.69, 9.17) is 10.00 Å². The summed E-state index contributed by atoms with van der Waals surface area (Å²) in [6.07, 6.45) is -0.620. The highest BCUT2D eigenvalue weighted by Crippen LogP contribution is 2.19. The fourth-order valence-corrected chi connectivity index (χ4v) is 2.50. The highest BCUT2D eigenvalue weighted by Gasteiger charge is 2.18. The molecule has 2 atom stereocenters. The van der Waals surface area contributed by atoms with Crippen LogP contribution in [0, 0.1) is 25.2 Å². The predicted octanol–water partition coefficient (Wildman–Crippen LogP) is 3.82. The number of aryl methyl sites for hydroxylation is 2. The smallest absolute Gasteiger partial charge is 0.261 e. The fraction of sp³-hybridized carbons (Fsp3) is 0.300. The lowest BCUT2D eigenvalue weighted by molar-refractivity contribution is -0.127. The van der Waals surface area contributed by atoms with Crippen LogP contribution in [0.25, 0.3) is 0 Å². The van der Waals surface area contributed by atoms with Gasteiger partial charge in [-0.05, 0) is 63.1 Å². The number of rotatable bonds is 5. The first-order valence-corrected chi connectivity index (χ1v) is 7.95. The number of carbonyl (C=O) groups is 1. The van der Waals surface area contributed by atoms with E-state index in [0.717, 1.165) is 11.1 Å². The topological polar surface area (TPSA) is 62.1 Å². The van der Waals surface area contributed by atoms with Gasteiger partial charge >= 0.3 is 0 Å². The van der Waals surface area contributed by atoms with Gasteiger partial charge in [-0.15, -0.1) is 0 Å². The molecular weight excluding hydrogens is 300 g/mol. The van der Waals surface area contributed by atoms with Crippen LogP contribution in [0.2, 0.25) is 0 Å². The molecule has 0 radical (unpaired) electrons. The van der Waals surface area contributed by atoms with Crippen LogP contribution in [0.4, 0.5) is 0 Å². The number of ether oxygens (including phenoxy) is 1. The summed E-state index contributed by atoms with van der Waals surface area (Å²) < 4.78 is 5.64. The molecule has 2 aromatic rings. The number of benzene rings is 2. The standard InChI is InChI=1S/C20H22N2O2/c1-13-5-6-14(2)19(11-13)15(3)22-20(23)16(4)24-18-9-7-17(12-21)8-10-18/h5-11,15-16H,1-4H3,(H,22,23). The summed E-state index contributed by atoms with van der Waals surface area (Å²) >= 11 is 0. The van der Waals surface area contributed by atoms with Gasteiger partial charge in [-0.3, -0.25) is 4.79 Å². The van der Waals surface area contributed by atoms with Crippen LogP contribution in [0.1, 0.15) is 42.1 Å². The van der Waals surface area contributed by atoms with Crippen molar-refractivity contribution >= 4 is 5.91 Å². The number of nitrogens with one attached hydrogen (secondary N) is 1. The summed E-state index contributed by atoms with van der Waals surface area (Å²) in [4.78, 5) is 12.4. The van der Waals surface area contributed by atoms with E-state index in [1.807, 2.05) is 26.8 Å². The summed E-state index contributed by atoms with van der Waals surface area (Å²) in [6.45, 7) is 7.75. The third kappa shape index (κ3) is 4.36. The largest absolute Gasteiger partial charge is 0.481 e. The Morgan fingerprint density at radius 2 is 1.79 bits per heavy atom. The normalized spacial score (nSPS) is 12.8. The second-order valence-corrected chi connectivity index (χ2v) is 5.99.